The molecule has 0 saturated carbocycles. The van der Waals surface area contributed by atoms with Crippen molar-refractivity contribution in [1.29, 1.82) is 0 Å². The molecule has 3 aliphatic carbocycles. The summed E-state index contributed by atoms with van der Waals surface area (Å²) in [7, 11) is -2.23. The number of carbonyl (C=O) groups excluding carboxylic acids is 1. The minimum absolute atomic E-state index is 0.217. The standard InChI is InChI=1S/C40H39ClN2O6S/c1-47-16-17-48-36-15-13-31(41)19-30(36)24-43(40(44)38-23-28-6-2-3-11-37(28)49-38)32-20-25-12-14-33(22-29(25)21-32)50(45,46)42-39-34-9-4-7-26(34)18-27-8-5-10-35(27)39/h2-3,6,11-15,18-19,22-23,32,42H,4-5,7-10,16-17,20-21,24H2,1H3. The largest absolute Gasteiger partial charge is 0.491 e. The molecule has 0 aliphatic heterocycles. The van der Waals surface area contributed by atoms with Gasteiger partial charge in [0.15, 0.2) is 5.76 Å². The van der Waals surface area contributed by atoms with E-state index in [9.17, 15) is 13.2 Å². The van der Waals surface area contributed by atoms with Crippen LogP contribution in [0.3, 0.4) is 0 Å². The summed E-state index contributed by atoms with van der Waals surface area (Å²) in [5.74, 6) is 0.590. The van der Waals surface area contributed by atoms with Gasteiger partial charge in [0.25, 0.3) is 15.9 Å². The van der Waals surface area contributed by atoms with Crippen molar-refractivity contribution in [2.75, 3.05) is 25.0 Å². The Morgan fingerprint density at radius 2 is 1.64 bits per heavy atom. The smallest absolute Gasteiger partial charge is 0.290 e. The second-order valence-corrected chi connectivity index (χ2v) is 15.6. The molecule has 4 aromatic carbocycles. The van der Waals surface area contributed by atoms with Crippen LogP contribution in [-0.2, 0) is 59.8 Å². The molecule has 1 aromatic heterocycles. The Balaban J connectivity index is 1.10. The summed E-state index contributed by atoms with van der Waals surface area (Å²) in [6, 6.07) is 22.1. The lowest BCUT2D eigenvalue weighted by atomic mass is 9.99. The lowest BCUT2D eigenvalue weighted by Crippen LogP contribution is -2.40. The van der Waals surface area contributed by atoms with Crippen molar-refractivity contribution in [2.45, 2.75) is 68.8 Å². The van der Waals surface area contributed by atoms with Crippen molar-refractivity contribution in [3.63, 3.8) is 0 Å². The molecule has 1 amide bonds. The van der Waals surface area contributed by atoms with Crippen molar-refractivity contribution >= 4 is 44.2 Å². The molecular weight excluding hydrogens is 672 g/mol. The number of nitrogens with one attached hydrogen (secondary N) is 1. The van der Waals surface area contributed by atoms with E-state index in [1.165, 1.54) is 11.1 Å². The predicted octanol–water partition coefficient (Wildman–Crippen LogP) is 7.70. The van der Waals surface area contributed by atoms with Gasteiger partial charge >= 0.3 is 0 Å². The Hall–Kier alpha value is -4.31. The van der Waals surface area contributed by atoms with Crippen molar-refractivity contribution < 1.29 is 27.1 Å². The van der Waals surface area contributed by atoms with E-state index in [1.807, 2.05) is 42.5 Å². The predicted molar refractivity (Wildman–Crippen MR) is 194 cm³/mol. The SMILES string of the molecule is COCCOc1ccc(Cl)cc1CN(C(=O)c1cc2ccccc2o1)C1Cc2ccc(S(=O)(=O)Nc3c4c(cc5c3CCC5)CCC4)cc2C1. The number of benzene rings is 4. The Bertz CT molecular complexity index is 2160. The first kappa shape index (κ1) is 32.9. The van der Waals surface area contributed by atoms with Crippen LogP contribution in [0.2, 0.25) is 5.02 Å². The highest BCUT2D eigenvalue weighted by atomic mass is 35.5. The van der Waals surface area contributed by atoms with Gasteiger partial charge in [-0.15, -0.1) is 0 Å². The van der Waals surface area contributed by atoms with E-state index in [0.717, 1.165) is 77.4 Å². The van der Waals surface area contributed by atoms with Gasteiger partial charge in [-0.05, 0) is 127 Å². The van der Waals surface area contributed by atoms with Crippen LogP contribution in [0.15, 0.2) is 82.1 Å². The minimum atomic E-state index is -3.85. The molecule has 10 heteroatoms. The normalized spacial score (nSPS) is 16.3. The van der Waals surface area contributed by atoms with Gasteiger partial charge < -0.3 is 18.8 Å². The van der Waals surface area contributed by atoms with Gasteiger partial charge in [-0.25, -0.2) is 8.42 Å². The molecule has 258 valence electrons. The van der Waals surface area contributed by atoms with Crippen molar-refractivity contribution in [2.24, 2.45) is 0 Å². The van der Waals surface area contributed by atoms with E-state index >= 15 is 0 Å². The van der Waals surface area contributed by atoms with Crippen LogP contribution in [0.25, 0.3) is 11.0 Å². The first-order valence-electron chi connectivity index (χ1n) is 17.3. The summed E-state index contributed by atoms with van der Waals surface area (Å²) in [6.45, 7) is 0.975. The van der Waals surface area contributed by atoms with Crippen LogP contribution in [0.4, 0.5) is 5.69 Å². The number of halogens is 1. The molecule has 1 heterocycles. The molecule has 0 bridgehead atoms. The highest BCUT2D eigenvalue weighted by molar-refractivity contribution is 7.92. The first-order chi connectivity index (χ1) is 24.3. The highest BCUT2D eigenvalue weighted by Gasteiger charge is 2.34. The van der Waals surface area contributed by atoms with E-state index in [-0.39, 0.29) is 29.1 Å². The number of anilines is 1. The number of aryl methyl sites for hydroxylation is 2. The molecule has 50 heavy (non-hydrogen) atoms. The molecule has 0 spiro atoms. The second-order valence-electron chi connectivity index (χ2n) is 13.5. The van der Waals surface area contributed by atoms with Crippen molar-refractivity contribution in [3.05, 3.63) is 123 Å². The van der Waals surface area contributed by atoms with E-state index in [1.54, 1.807) is 36.3 Å². The topological polar surface area (TPSA) is 98.1 Å². The number of sulfonamides is 1. The fourth-order valence-corrected chi connectivity index (χ4v) is 9.29. The molecule has 0 saturated heterocycles. The molecule has 8 rings (SSSR count). The zero-order valence-corrected chi connectivity index (χ0v) is 29.5. The minimum Gasteiger partial charge on any atom is -0.491 e. The summed E-state index contributed by atoms with van der Waals surface area (Å²) in [4.78, 5) is 16.4. The number of para-hydroxylation sites is 1. The fourth-order valence-electron chi connectivity index (χ4n) is 7.92. The van der Waals surface area contributed by atoms with Crippen LogP contribution in [0.5, 0.6) is 5.75 Å². The van der Waals surface area contributed by atoms with Gasteiger partial charge in [-0.2, -0.15) is 0 Å². The van der Waals surface area contributed by atoms with E-state index in [2.05, 4.69) is 10.8 Å². The number of carbonyl (C=O) groups is 1. The average Bonchev–Trinajstić information content (AvgIpc) is 3.93. The van der Waals surface area contributed by atoms with E-state index in [4.69, 9.17) is 25.5 Å². The number of hydrogen-bond donors (Lipinski definition) is 1. The number of nitrogens with zero attached hydrogens (tertiary/aromatic N) is 1. The van der Waals surface area contributed by atoms with E-state index in [0.29, 0.717) is 42.4 Å². The van der Waals surface area contributed by atoms with Gasteiger partial charge in [0.2, 0.25) is 0 Å². The summed E-state index contributed by atoms with van der Waals surface area (Å²) >= 11 is 6.46. The fraction of sp³-hybridized carbons (Fsp3) is 0.325. The highest BCUT2D eigenvalue weighted by Crippen LogP contribution is 2.40. The molecule has 8 nitrogen and oxygen atoms in total. The Kier molecular flexibility index (Phi) is 8.83. The third-order valence-corrected chi connectivity index (χ3v) is 11.9. The van der Waals surface area contributed by atoms with Crippen molar-refractivity contribution in [1.82, 2.24) is 4.90 Å². The van der Waals surface area contributed by atoms with Crippen LogP contribution < -0.4 is 9.46 Å². The van der Waals surface area contributed by atoms with Crippen LogP contribution in [0, 0.1) is 0 Å². The molecule has 0 fully saturated rings. The maximum Gasteiger partial charge on any atom is 0.290 e. The van der Waals surface area contributed by atoms with Crippen LogP contribution in [-0.4, -0.2) is 45.6 Å². The average molecular weight is 711 g/mol. The number of hydrogen-bond acceptors (Lipinski definition) is 6. The third-order valence-electron chi connectivity index (χ3n) is 10.4. The molecule has 1 unspecified atom stereocenters. The zero-order chi connectivity index (χ0) is 34.4. The molecule has 3 aliphatic rings. The number of furan rings is 1. The Morgan fingerprint density at radius 1 is 0.880 bits per heavy atom. The summed E-state index contributed by atoms with van der Waals surface area (Å²) < 4.78 is 48.3. The van der Waals surface area contributed by atoms with Crippen LogP contribution in [0.1, 0.15) is 62.3 Å². The molecular formula is C40H39ClN2O6S. The third kappa shape index (κ3) is 6.27. The maximum absolute atomic E-state index is 14.4. The zero-order valence-electron chi connectivity index (χ0n) is 28.0. The van der Waals surface area contributed by atoms with Gasteiger partial charge in [-0.3, -0.25) is 9.52 Å². The Labute approximate surface area is 297 Å². The maximum atomic E-state index is 14.4. The van der Waals surface area contributed by atoms with E-state index < -0.39 is 10.0 Å². The lowest BCUT2D eigenvalue weighted by molar-refractivity contribution is 0.0634. The number of rotatable bonds is 11. The number of ether oxygens (including phenoxy) is 2. The lowest BCUT2D eigenvalue weighted by Gasteiger charge is -2.29. The number of fused-ring (bicyclic) bond motifs is 4. The van der Waals surface area contributed by atoms with Crippen LogP contribution >= 0.6 is 11.6 Å². The Morgan fingerprint density at radius 3 is 2.40 bits per heavy atom. The first-order valence-corrected chi connectivity index (χ1v) is 19.1. The number of amides is 1. The summed E-state index contributed by atoms with van der Waals surface area (Å²) in [5.41, 5.74) is 8.98. The summed E-state index contributed by atoms with van der Waals surface area (Å²) in [6.07, 6.45) is 6.93. The van der Waals surface area contributed by atoms with Gasteiger partial charge in [-0.1, -0.05) is 41.9 Å². The van der Waals surface area contributed by atoms with Gasteiger partial charge in [0, 0.05) is 29.1 Å². The van der Waals surface area contributed by atoms with Gasteiger partial charge in [0.1, 0.15) is 17.9 Å². The van der Waals surface area contributed by atoms with Crippen molar-refractivity contribution in [3.8, 4) is 5.75 Å². The van der Waals surface area contributed by atoms with Gasteiger partial charge in [0.05, 0.1) is 23.7 Å². The molecule has 5 aromatic rings. The molecule has 0 radical (unpaired) electrons. The molecule has 1 atom stereocenters. The second kappa shape index (κ2) is 13.4. The molecule has 1 N–H and O–H groups in total. The quantitative estimate of drug-likeness (QED) is 0.141. The number of methoxy groups -OCH3 is 1. The monoisotopic (exact) mass is 710 g/mol. The summed E-state index contributed by atoms with van der Waals surface area (Å²) in [5, 5.41) is 1.37.